The second-order valence-electron chi connectivity index (χ2n) is 24.3. The van der Waals surface area contributed by atoms with Crippen molar-refractivity contribution in [2.24, 2.45) is 67.2 Å². The first-order valence-corrected chi connectivity index (χ1v) is 25.7. The Morgan fingerprint density at radius 3 is 2.51 bits per heavy atom. The van der Waals surface area contributed by atoms with Crippen molar-refractivity contribution >= 4 is 29.6 Å². The molecule has 14 atom stereocenters. The number of aliphatic carboxylic acids is 1. The molecule has 3 spiro atoms. The van der Waals surface area contributed by atoms with E-state index in [-0.39, 0.29) is 80.0 Å². The number of guanidine groups is 1. The summed E-state index contributed by atoms with van der Waals surface area (Å²) in [6.07, 6.45) is 18.3. The second kappa shape index (κ2) is 12.8. The molecule has 0 heterocycles. The van der Waals surface area contributed by atoms with E-state index in [1.54, 1.807) is 0 Å². The molecule has 14 rings (SSSR count). The van der Waals surface area contributed by atoms with Crippen LogP contribution in [-0.4, -0.2) is 77.0 Å². The van der Waals surface area contributed by atoms with E-state index < -0.39 is 84.7 Å². The number of ketones is 2. The number of benzene rings is 1. The van der Waals surface area contributed by atoms with Gasteiger partial charge in [0.05, 0.1) is 0 Å². The molecule has 14 unspecified atom stereocenters. The molecule has 9 N–H and O–H groups in total. The SMILES string of the molecule is CC(C(=O)O)=C1CCC2(N=C(N)N)C=CC34C5C6=C7CC=C6C1(O)C2(O)C3CC=CCC41CC(=O)C2=C3C4(O)C=C(C7)C5(O)C31CCC#CCC1(C)C(=O)CCC2(C)C1C4C1=Cc2ccccc2CC1. The summed E-state index contributed by atoms with van der Waals surface area (Å²) in [4.78, 5) is 49.7. The van der Waals surface area contributed by atoms with Crippen molar-refractivity contribution in [1.29, 1.82) is 0 Å². The summed E-state index contributed by atoms with van der Waals surface area (Å²) in [5.74, 6) is 2.45. The Kier molecular flexibility index (Phi) is 7.94. The minimum Gasteiger partial charge on any atom is -0.478 e. The van der Waals surface area contributed by atoms with E-state index >= 15 is 15.0 Å². The Morgan fingerprint density at radius 1 is 0.929 bits per heavy atom. The summed E-state index contributed by atoms with van der Waals surface area (Å²) in [6.45, 7) is 5.68. The van der Waals surface area contributed by atoms with Crippen LogP contribution in [0.5, 0.6) is 0 Å². The number of allylic oxidation sites excluding steroid dienone is 6. The van der Waals surface area contributed by atoms with Crippen LogP contribution in [0.1, 0.15) is 115 Å². The van der Waals surface area contributed by atoms with Gasteiger partial charge in [0.15, 0.2) is 11.7 Å². The molecule has 8 bridgehead atoms. The number of aliphatic hydroxyl groups is 4. The van der Waals surface area contributed by atoms with Gasteiger partial charge in [-0.15, -0.1) is 11.8 Å². The molecule has 0 saturated heterocycles. The van der Waals surface area contributed by atoms with Crippen LogP contribution in [0.15, 0.2) is 116 Å². The molecule has 4 saturated carbocycles. The zero-order valence-electron chi connectivity index (χ0n) is 40.1. The van der Waals surface area contributed by atoms with Crippen LogP contribution < -0.4 is 11.5 Å². The molecule has 11 nitrogen and oxygen atoms in total. The van der Waals surface area contributed by atoms with E-state index in [1.165, 1.54) is 12.5 Å². The number of nitrogens with zero attached hydrogens (tertiary/aromatic N) is 1. The molecule has 1 aromatic carbocycles. The summed E-state index contributed by atoms with van der Waals surface area (Å²) in [6, 6.07) is 8.35. The fraction of sp³-hybridized carbons (Fsp3) is 0.525. The Bertz CT molecular complexity index is 3190. The smallest absolute Gasteiger partial charge is 0.331 e. The summed E-state index contributed by atoms with van der Waals surface area (Å²) in [7, 11) is 0. The number of carboxylic acid groups (broad SMARTS) is 1. The van der Waals surface area contributed by atoms with Gasteiger partial charge in [-0.25, -0.2) is 9.79 Å². The molecular formula is C59H61N3O8. The highest BCUT2D eigenvalue weighted by atomic mass is 16.4. The second-order valence-corrected chi connectivity index (χ2v) is 24.3. The summed E-state index contributed by atoms with van der Waals surface area (Å²) in [5.41, 5.74) is 3.96. The maximum absolute atomic E-state index is 16.6. The molecule has 13 aliphatic carbocycles. The van der Waals surface area contributed by atoms with Crippen LogP contribution in [0, 0.1) is 62.6 Å². The van der Waals surface area contributed by atoms with Crippen LogP contribution in [0.25, 0.3) is 6.08 Å². The first-order chi connectivity index (χ1) is 33.2. The van der Waals surface area contributed by atoms with E-state index in [0.29, 0.717) is 60.0 Å². The lowest BCUT2D eigenvalue weighted by atomic mass is 9.32. The van der Waals surface area contributed by atoms with Gasteiger partial charge in [-0.1, -0.05) is 85.7 Å². The Labute approximate surface area is 407 Å². The topological polar surface area (TPSA) is 217 Å². The number of Topliss-reactive ketones (excluding diaryl/α,β-unsaturated/α-hetero) is 2. The average molecular weight is 940 g/mol. The van der Waals surface area contributed by atoms with Gasteiger partial charge in [0.2, 0.25) is 0 Å². The monoisotopic (exact) mass is 939 g/mol. The third kappa shape index (κ3) is 4.11. The highest BCUT2D eigenvalue weighted by Gasteiger charge is 2.93. The minimum absolute atomic E-state index is 0.0391. The zero-order valence-corrected chi connectivity index (χ0v) is 40.1. The molecule has 13 aliphatic rings. The third-order valence-corrected chi connectivity index (χ3v) is 22.4. The van der Waals surface area contributed by atoms with Gasteiger partial charge in [-0.05, 0) is 122 Å². The molecule has 1 aromatic rings. The zero-order chi connectivity index (χ0) is 48.8. The highest BCUT2D eigenvalue weighted by molar-refractivity contribution is 6.03. The number of fused-ring (bicyclic) bond motifs is 2. The van der Waals surface area contributed by atoms with Crippen LogP contribution in [0.2, 0.25) is 0 Å². The quantitative estimate of drug-likeness (QED) is 0.0587. The van der Waals surface area contributed by atoms with Crippen molar-refractivity contribution in [3.63, 3.8) is 0 Å². The van der Waals surface area contributed by atoms with Crippen molar-refractivity contribution in [3.8, 4) is 11.8 Å². The fourth-order valence-electron chi connectivity index (χ4n) is 20.4. The van der Waals surface area contributed by atoms with Gasteiger partial charge < -0.3 is 37.0 Å². The summed E-state index contributed by atoms with van der Waals surface area (Å²) >= 11 is 0. The first kappa shape index (κ1) is 43.4. The molecule has 0 aromatic heterocycles. The number of nitrogens with two attached hydrogens (primary N) is 2. The number of rotatable bonds is 3. The number of hydrogen-bond acceptors (Lipinski definition) is 8. The average Bonchev–Trinajstić information content (AvgIpc) is 3.70. The van der Waals surface area contributed by atoms with Crippen molar-refractivity contribution in [2.45, 2.75) is 139 Å². The standard InChI is InChI=1S/C59H61N3O8/c1-31(48(65)66)37-18-24-53(62-49(60)61)25-26-54-40-13-7-10-21-52(54)30-39(63)44-47-55(67)29-36-28-34-16-17-38(58(37,69)59(40,53)70)42(34)45(54)57(36,68)56(47,52)22-9-4-8-20-50(2)41(64)19-23-51(44,3)46(50)43(55)35-15-14-32-11-5-6-12-33(32)27-35/h5-7,10-12,17,25-27,29,40,43,45-46,67-70H,9,13-16,18-24,28,30H2,1-3H3,(H,65,66)(H4,60,61,62). The number of carbonyl (C=O) groups is 3. The van der Waals surface area contributed by atoms with E-state index in [9.17, 15) is 24.9 Å². The van der Waals surface area contributed by atoms with Crippen molar-refractivity contribution in [3.05, 3.63) is 122 Å². The van der Waals surface area contributed by atoms with Gasteiger partial charge in [0.25, 0.3) is 0 Å². The van der Waals surface area contributed by atoms with Gasteiger partial charge in [-0.3, -0.25) is 9.59 Å². The lowest BCUT2D eigenvalue weighted by Gasteiger charge is -2.72. The number of hydrogen-bond donors (Lipinski definition) is 7. The van der Waals surface area contributed by atoms with Crippen LogP contribution in [0.4, 0.5) is 0 Å². The Morgan fingerprint density at radius 2 is 1.73 bits per heavy atom. The fourth-order valence-corrected chi connectivity index (χ4v) is 20.4. The molecule has 360 valence electrons. The maximum atomic E-state index is 16.6. The highest BCUT2D eigenvalue weighted by Crippen LogP contribution is 2.91. The van der Waals surface area contributed by atoms with Crippen molar-refractivity contribution in [2.75, 3.05) is 0 Å². The van der Waals surface area contributed by atoms with E-state index in [1.807, 2.05) is 37.3 Å². The number of aliphatic imine (C=N–C) groups is 1. The van der Waals surface area contributed by atoms with Crippen LogP contribution in [-0.2, 0) is 20.8 Å². The van der Waals surface area contributed by atoms with Crippen molar-refractivity contribution in [1.82, 2.24) is 0 Å². The number of carbonyl (C=O) groups excluding carboxylic acids is 2. The molecule has 0 aliphatic heterocycles. The maximum Gasteiger partial charge on any atom is 0.331 e. The van der Waals surface area contributed by atoms with Crippen LogP contribution >= 0.6 is 0 Å². The van der Waals surface area contributed by atoms with E-state index in [0.717, 1.165) is 23.1 Å². The first-order valence-electron chi connectivity index (χ1n) is 25.7. The molecule has 70 heavy (non-hydrogen) atoms. The molecule has 11 heteroatoms. The van der Waals surface area contributed by atoms with E-state index in [4.69, 9.17) is 16.5 Å². The lowest BCUT2D eigenvalue weighted by molar-refractivity contribution is -0.228. The largest absolute Gasteiger partial charge is 0.478 e. The van der Waals surface area contributed by atoms with Gasteiger partial charge >= 0.3 is 5.97 Å². The molecular weight excluding hydrogens is 879 g/mol. The third-order valence-electron chi connectivity index (χ3n) is 22.4. The molecule has 4 fully saturated rings. The lowest BCUT2D eigenvalue weighted by Crippen LogP contribution is -2.78. The van der Waals surface area contributed by atoms with E-state index in [2.05, 4.69) is 55.2 Å². The minimum atomic E-state index is -2.35. The van der Waals surface area contributed by atoms with Gasteiger partial charge in [-0.2, -0.15) is 0 Å². The van der Waals surface area contributed by atoms with Gasteiger partial charge in [0, 0.05) is 81.7 Å². The summed E-state index contributed by atoms with van der Waals surface area (Å²) < 4.78 is 0. The molecule has 0 amide bonds. The van der Waals surface area contributed by atoms with Crippen molar-refractivity contribution < 1.29 is 39.9 Å². The predicted octanol–water partition coefficient (Wildman–Crippen LogP) is 6.33. The molecule has 0 radical (unpaired) electrons. The van der Waals surface area contributed by atoms with Gasteiger partial charge in [0.1, 0.15) is 33.7 Å². The predicted molar refractivity (Wildman–Crippen MR) is 261 cm³/mol. The van der Waals surface area contributed by atoms with Crippen LogP contribution in [0.3, 0.4) is 0 Å². The summed E-state index contributed by atoms with van der Waals surface area (Å²) in [5, 5.41) is 70.4. The number of aryl methyl sites for hydroxylation is 1. The normalized spacial score (nSPS) is 48.5. The Balaban J connectivity index is 1.18. The Hall–Kier alpha value is -5.38. The number of carboxylic acids is 1.